The SMILES string of the molecule is CCOC(=O)C1=NO[C@]2(CCn3ccnc32)C1. The minimum atomic E-state index is -0.550. The number of aromatic nitrogens is 2. The number of hydrogen-bond donors (Lipinski definition) is 0. The molecule has 3 heterocycles. The van der Waals surface area contributed by atoms with Crippen molar-refractivity contribution in [2.45, 2.75) is 31.9 Å². The van der Waals surface area contributed by atoms with E-state index in [-0.39, 0.29) is 0 Å². The Kier molecular flexibility index (Phi) is 2.17. The van der Waals surface area contributed by atoms with Gasteiger partial charge in [-0.15, -0.1) is 0 Å². The third-order valence-corrected chi connectivity index (χ3v) is 3.17. The third-order valence-electron chi connectivity index (χ3n) is 3.17. The fraction of sp³-hybridized carbons (Fsp3) is 0.545. The molecule has 0 N–H and O–H groups in total. The maximum absolute atomic E-state index is 11.6. The lowest BCUT2D eigenvalue weighted by atomic mass is 9.95. The molecular weight excluding hydrogens is 222 g/mol. The van der Waals surface area contributed by atoms with Crippen molar-refractivity contribution in [2.75, 3.05) is 6.61 Å². The van der Waals surface area contributed by atoms with Gasteiger partial charge >= 0.3 is 5.97 Å². The molecule has 0 bridgehead atoms. The Morgan fingerprint density at radius 2 is 2.59 bits per heavy atom. The molecule has 6 heteroatoms. The number of rotatable bonds is 2. The summed E-state index contributed by atoms with van der Waals surface area (Å²) in [7, 11) is 0. The fourth-order valence-corrected chi connectivity index (χ4v) is 2.36. The van der Waals surface area contributed by atoms with Crippen molar-refractivity contribution in [3.8, 4) is 0 Å². The highest BCUT2D eigenvalue weighted by molar-refractivity contribution is 6.36. The van der Waals surface area contributed by atoms with Crippen molar-refractivity contribution in [3.05, 3.63) is 18.2 Å². The number of oxime groups is 1. The van der Waals surface area contributed by atoms with E-state index >= 15 is 0 Å². The monoisotopic (exact) mass is 235 g/mol. The number of carbonyl (C=O) groups excluding carboxylic acids is 1. The summed E-state index contributed by atoms with van der Waals surface area (Å²) in [5.74, 6) is 0.454. The van der Waals surface area contributed by atoms with Crippen LogP contribution in [0.1, 0.15) is 25.6 Å². The van der Waals surface area contributed by atoms with Crippen LogP contribution in [0.5, 0.6) is 0 Å². The van der Waals surface area contributed by atoms with Gasteiger partial charge in [0.1, 0.15) is 0 Å². The highest BCUT2D eigenvalue weighted by atomic mass is 16.7. The van der Waals surface area contributed by atoms with Crippen LogP contribution in [0, 0.1) is 0 Å². The van der Waals surface area contributed by atoms with Gasteiger partial charge < -0.3 is 14.1 Å². The van der Waals surface area contributed by atoms with Crippen LogP contribution in [0.2, 0.25) is 0 Å². The molecule has 17 heavy (non-hydrogen) atoms. The van der Waals surface area contributed by atoms with Crippen LogP contribution in [-0.2, 0) is 26.5 Å². The van der Waals surface area contributed by atoms with E-state index in [9.17, 15) is 4.79 Å². The predicted molar refractivity (Wildman–Crippen MR) is 58.3 cm³/mol. The highest BCUT2D eigenvalue weighted by Gasteiger charge is 2.49. The minimum Gasteiger partial charge on any atom is -0.461 e. The number of hydrogen-bond acceptors (Lipinski definition) is 5. The lowest BCUT2D eigenvalue weighted by molar-refractivity contribution is -0.135. The highest BCUT2D eigenvalue weighted by Crippen LogP contribution is 2.41. The van der Waals surface area contributed by atoms with E-state index in [1.807, 2.05) is 10.8 Å². The molecule has 0 radical (unpaired) electrons. The van der Waals surface area contributed by atoms with Gasteiger partial charge in [-0.25, -0.2) is 9.78 Å². The van der Waals surface area contributed by atoms with E-state index in [4.69, 9.17) is 9.57 Å². The van der Waals surface area contributed by atoms with Crippen LogP contribution >= 0.6 is 0 Å². The summed E-state index contributed by atoms with van der Waals surface area (Å²) in [5.41, 5.74) is -0.200. The standard InChI is InChI=1S/C11H13N3O3/c1-2-16-9(15)8-7-11(17-13-8)3-5-14-6-4-12-10(11)14/h4,6H,2-3,5,7H2,1H3/t11-/m1/s1. The number of esters is 1. The number of ether oxygens (including phenoxy) is 1. The van der Waals surface area contributed by atoms with Crippen molar-refractivity contribution in [2.24, 2.45) is 5.16 Å². The largest absolute Gasteiger partial charge is 0.461 e. The van der Waals surface area contributed by atoms with Gasteiger partial charge in [-0.3, -0.25) is 0 Å². The molecule has 1 aromatic heterocycles. The van der Waals surface area contributed by atoms with Gasteiger partial charge in [0, 0.05) is 25.4 Å². The van der Waals surface area contributed by atoms with E-state index in [1.165, 1.54) is 0 Å². The summed E-state index contributed by atoms with van der Waals surface area (Å²) < 4.78 is 6.95. The molecule has 2 aliphatic heterocycles. The smallest absolute Gasteiger partial charge is 0.356 e. The normalized spacial score (nSPS) is 25.6. The van der Waals surface area contributed by atoms with Gasteiger partial charge in [-0.1, -0.05) is 5.16 Å². The first kappa shape index (κ1) is 10.3. The zero-order chi connectivity index (χ0) is 11.9. The van der Waals surface area contributed by atoms with Crippen LogP contribution in [0.15, 0.2) is 17.5 Å². The van der Waals surface area contributed by atoms with Gasteiger partial charge in [0.05, 0.1) is 13.0 Å². The second-order valence-corrected chi connectivity index (χ2v) is 4.22. The number of imidazole rings is 1. The van der Waals surface area contributed by atoms with Crippen molar-refractivity contribution in [1.29, 1.82) is 0 Å². The minimum absolute atomic E-state index is 0.347. The first-order chi connectivity index (χ1) is 8.25. The fourth-order valence-electron chi connectivity index (χ4n) is 2.36. The van der Waals surface area contributed by atoms with Crippen LogP contribution in [0.25, 0.3) is 0 Å². The number of carbonyl (C=O) groups is 1. The molecule has 0 aromatic carbocycles. The Hall–Kier alpha value is -1.85. The Bertz CT molecular complexity index is 494. The molecule has 0 amide bonds. The van der Waals surface area contributed by atoms with Gasteiger partial charge in [0.2, 0.25) is 5.60 Å². The lowest BCUT2D eigenvalue weighted by Gasteiger charge is -2.17. The Balaban J connectivity index is 1.81. The first-order valence-electron chi connectivity index (χ1n) is 5.69. The summed E-state index contributed by atoms with van der Waals surface area (Å²) in [5, 5.41) is 3.86. The number of aryl methyl sites for hydroxylation is 1. The van der Waals surface area contributed by atoms with Crippen molar-refractivity contribution in [1.82, 2.24) is 9.55 Å². The molecule has 0 aliphatic carbocycles. The quantitative estimate of drug-likeness (QED) is 0.712. The average molecular weight is 235 g/mol. The average Bonchev–Trinajstić information content (AvgIpc) is 3.00. The Morgan fingerprint density at radius 1 is 1.71 bits per heavy atom. The topological polar surface area (TPSA) is 65.7 Å². The van der Waals surface area contributed by atoms with Crippen LogP contribution < -0.4 is 0 Å². The molecule has 2 aliphatic rings. The van der Waals surface area contributed by atoms with Crippen LogP contribution in [0.4, 0.5) is 0 Å². The molecule has 0 saturated heterocycles. The maximum atomic E-state index is 11.6. The zero-order valence-electron chi connectivity index (χ0n) is 9.55. The molecule has 0 unspecified atom stereocenters. The second kappa shape index (κ2) is 3.58. The van der Waals surface area contributed by atoms with Gasteiger partial charge in [0.15, 0.2) is 11.5 Å². The molecular formula is C11H13N3O3. The molecule has 6 nitrogen and oxygen atoms in total. The van der Waals surface area contributed by atoms with Crippen molar-refractivity contribution >= 4 is 11.7 Å². The van der Waals surface area contributed by atoms with E-state index < -0.39 is 11.6 Å². The number of nitrogens with zero attached hydrogens (tertiary/aromatic N) is 3. The van der Waals surface area contributed by atoms with E-state index in [0.29, 0.717) is 18.7 Å². The van der Waals surface area contributed by atoms with Gasteiger partial charge in [-0.2, -0.15) is 0 Å². The van der Waals surface area contributed by atoms with Gasteiger partial charge in [-0.05, 0) is 6.92 Å². The molecule has 90 valence electrons. The first-order valence-corrected chi connectivity index (χ1v) is 5.69. The van der Waals surface area contributed by atoms with Crippen molar-refractivity contribution < 1.29 is 14.4 Å². The molecule has 1 aromatic rings. The summed E-state index contributed by atoms with van der Waals surface area (Å²) in [6, 6.07) is 0. The third kappa shape index (κ3) is 1.44. The van der Waals surface area contributed by atoms with Gasteiger partial charge in [0.25, 0.3) is 0 Å². The lowest BCUT2D eigenvalue weighted by Crippen LogP contribution is -2.26. The predicted octanol–water partition coefficient (Wildman–Crippen LogP) is 0.821. The number of fused-ring (bicyclic) bond motifs is 2. The van der Waals surface area contributed by atoms with E-state index in [1.54, 1.807) is 13.1 Å². The molecule has 3 rings (SSSR count). The van der Waals surface area contributed by atoms with E-state index in [2.05, 4.69) is 10.1 Å². The Morgan fingerprint density at radius 3 is 3.41 bits per heavy atom. The second-order valence-electron chi connectivity index (χ2n) is 4.22. The Labute approximate surface area is 98.2 Å². The molecule has 0 fully saturated rings. The summed E-state index contributed by atoms with van der Waals surface area (Å²) in [6.45, 7) is 2.97. The zero-order valence-corrected chi connectivity index (χ0v) is 9.55. The summed E-state index contributed by atoms with van der Waals surface area (Å²) in [4.78, 5) is 21.3. The molecule has 0 saturated carbocycles. The molecule has 1 atom stereocenters. The van der Waals surface area contributed by atoms with Crippen LogP contribution in [0.3, 0.4) is 0 Å². The maximum Gasteiger partial charge on any atom is 0.356 e. The van der Waals surface area contributed by atoms with Crippen molar-refractivity contribution in [3.63, 3.8) is 0 Å². The molecule has 1 spiro atoms. The summed E-state index contributed by atoms with van der Waals surface area (Å²) >= 11 is 0. The van der Waals surface area contributed by atoms with E-state index in [0.717, 1.165) is 18.8 Å². The summed E-state index contributed by atoms with van der Waals surface area (Å²) in [6.07, 6.45) is 4.89. The van der Waals surface area contributed by atoms with Crippen LogP contribution in [-0.4, -0.2) is 27.8 Å².